The first-order valence-electron chi connectivity index (χ1n) is 9.05. The average molecular weight is 371 g/mol. The quantitative estimate of drug-likeness (QED) is 0.398. The van der Waals surface area contributed by atoms with Crippen LogP contribution in [0.1, 0.15) is 18.4 Å². The highest BCUT2D eigenvalue weighted by molar-refractivity contribution is 5.93. The Balaban J connectivity index is 1.70. The molecule has 27 heavy (non-hydrogen) atoms. The number of nitrogens with one attached hydrogen (secondary N) is 2. The fourth-order valence-electron chi connectivity index (χ4n) is 2.49. The van der Waals surface area contributed by atoms with Gasteiger partial charge in [-0.15, -0.1) is 0 Å². The van der Waals surface area contributed by atoms with E-state index in [1.165, 1.54) is 5.56 Å². The molecule has 0 aromatic heterocycles. The summed E-state index contributed by atoms with van der Waals surface area (Å²) in [5, 5.41) is 6.55. The maximum atomic E-state index is 5.74. The molecule has 6 nitrogen and oxygen atoms in total. The summed E-state index contributed by atoms with van der Waals surface area (Å²) in [7, 11) is 4.98. The fourth-order valence-corrected chi connectivity index (χ4v) is 2.49. The van der Waals surface area contributed by atoms with E-state index in [0.29, 0.717) is 24.1 Å². The zero-order chi connectivity index (χ0) is 19.5. The van der Waals surface area contributed by atoms with Gasteiger partial charge >= 0.3 is 0 Å². The highest BCUT2D eigenvalue weighted by atomic mass is 16.5. The fraction of sp³-hybridized carbons (Fsp3) is 0.381. The molecule has 2 N–H and O–H groups in total. The molecule has 0 bridgehead atoms. The molecular weight excluding hydrogens is 342 g/mol. The molecule has 6 heteroatoms. The van der Waals surface area contributed by atoms with Crippen LogP contribution in [-0.2, 0) is 0 Å². The van der Waals surface area contributed by atoms with Crippen molar-refractivity contribution >= 4 is 11.6 Å². The molecule has 0 fully saturated rings. The largest absolute Gasteiger partial charge is 0.494 e. The number of aryl methyl sites for hydroxylation is 1. The lowest BCUT2D eigenvalue weighted by Crippen LogP contribution is -2.31. The minimum Gasteiger partial charge on any atom is -0.494 e. The van der Waals surface area contributed by atoms with Crippen LogP contribution in [0.25, 0.3) is 0 Å². The van der Waals surface area contributed by atoms with Crippen LogP contribution in [-0.4, -0.2) is 40.4 Å². The molecule has 2 aromatic carbocycles. The number of benzene rings is 2. The third kappa shape index (κ3) is 6.73. The van der Waals surface area contributed by atoms with Crippen LogP contribution >= 0.6 is 0 Å². The smallest absolute Gasteiger partial charge is 0.195 e. The number of ether oxygens (including phenoxy) is 3. The molecule has 0 unspecified atom stereocenters. The normalized spacial score (nSPS) is 11.0. The van der Waals surface area contributed by atoms with Gasteiger partial charge in [-0.1, -0.05) is 17.7 Å². The molecule has 2 rings (SSSR count). The molecule has 0 saturated heterocycles. The molecular formula is C21H29N3O3. The molecule has 2 aromatic rings. The summed E-state index contributed by atoms with van der Waals surface area (Å²) in [6.45, 7) is 3.58. The van der Waals surface area contributed by atoms with Crippen molar-refractivity contribution < 1.29 is 14.2 Å². The van der Waals surface area contributed by atoms with Crippen molar-refractivity contribution in [3.8, 4) is 17.2 Å². The minimum absolute atomic E-state index is 0.672. The first-order chi connectivity index (χ1) is 13.2. The molecule has 0 spiro atoms. The summed E-state index contributed by atoms with van der Waals surface area (Å²) in [5.41, 5.74) is 2.11. The van der Waals surface area contributed by atoms with E-state index in [1.54, 1.807) is 21.3 Å². The van der Waals surface area contributed by atoms with E-state index in [-0.39, 0.29) is 0 Å². The van der Waals surface area contributed by atoms with Crippen LogP contribution < -0.4 is 24.8 Å². The second kappa shape index (κ2) is 11.0. The van der Waals surface area contributed by atoms with Crippen LogP contribution in [0.15, 0.2) is 47.5 Å². The van der Waals surface area contributed by atoms with Crippen molar-refractivity contribution in [2.45, 2.75) is 19.8 Å². The van der Waals surface area contributed by atoms with Gasteiger partial charge in [0.1, 0.15) is 5.75 Å². The van der Waals surface area contributed by atoms with E-state index >= 15 is 0 Å². The van der Waals surface area contributed by atoms with Crippen molar-refractivity contribution in [2.24, 2.45) is 4.99 Å². The molecule has 0 aliphatic carbocycles. The SMILES string of the molecule is CN=C(NCCCCOc1ccc(C)cc1)Nc1ccc(OC)c(OC)c1. The predicted molar refractivity (Wildman–Crippen MR) is 110 cm³/mol. The van der Waals surface area contributed by atoms with Gasteiger partial charge in [0.05, 0.1) is 20.8 Å². The van der Waals surface area contributed by atoms with Crippen molar-refractivity contribution in [3.63, 3.8) is 0 Å². The van der Waals surface area contributed by atoms with E-state index < -0.39 is 0 Å². The molecule has 0 radical (unpaired) electrons. The van der Waals surface area contributed by atoms with Gasteiger partial charge in [0.15, 0.2) is 17.5 Å². The van der Waals surface area contributed by atoms with Crippen LogP contribution in [0.5, 0.6) is 17.2 Å². The minimum atomic E-state index is 0.672. The molecule has 0 aliphatic heterocycles. The second-order valence-corrected chi connectivity index (χ2v) is 6.06. The van der Waals surface area contributed by atoms with Crippen LogP contribution in [0.4, 0.5) is 5.69 Å². The molecule has 0 saturated carbocycles. The summed E-state index contributed by atoms with van der Waals surface area (Å²) in [5.74, 6) is 2.99. The topological polar surface area (TPSA) is 64.1 Å². The van der Waals surface area contributed by atoms with Crippen LogP contribution in [0.2, 0.25) is 0 Å². The Labute approximate surface area is 161 Å². The number of nitrogens with zero attached hydrogens (tertiary/aromatic N) is 1. The number of guanidine groups is 1. The van der Waals surface area contributed by atoms with Gasteiger partial charge in [0.25, 0.3) is 0 Å². The Hall–Kier alpha value is -2.89. The number of methoxy groups -OCH3 is 2. The second-order valence-electron chi connectivity index (χ2n) is 6.06. The zero-order valence-electron chi connectivity index (χ0n) is 16.5. The first-order valence-corrected chi connectivity index (χ1v) is 9.05. The first kappa shape index (κ1) is 20.4. The Morgan fingerprint density at radius 2 is 1.70 bits per heavy atom. The van der Waals surface area contributed by atoms with E-state index in [4.69, 9.17) is 14.2 Å². The van der Waals surface area contributed by atoms with Crippen molar-refractivity contribution in [3.05, 3.63) is 48.0 Å². The Morgan fingerprint density at radius 1 is 0.963 bits per heavy atom. The monoisotopic (exact) mass is 371 g/mol. The average Bonchev–Trinajstić information content (AvgIpc) is 2.70. The number of aliphatic imine (C=N–C) groups is 1. The number of unbranched alkanes of at least 4 members (excludes halogenated alkanes) is 1. The van der Waals surface area contributed by atoms with E-state index in [1.807, 2.05) is 30.3 Å². The van der Waals surface area contributed by atoms with Gasteiger partial charge in [-0.3, -0.25) is 4.99 Å². The number of anilines is 1. The highest BCUT2D eigenvalue weighted by Gasteiger charge is 2.06. The Bertz CT molecular complexity index is 730. The number of hydrogen-bond donors (Lipinski definition) is 2. The summed E-state index contributed by atoms with van der Waals surface area (Å²) >= 11 is 0. The summed E-state index contributed by atoms with van der Waals surface area (Å²) < 4.78 is 16.3. The van der Waals surface area contributed by atoms with Crippen molar-refractivity contribution in [2.75, 3.05) is 39.7 Å². The van der Waals surface area contributed by atoms with Gasteiger partial charge in [-0.25, -0.2) is 0 Å². The van der Waals surface area contributed by atoms with E-state index in [2.05, 4.69) is 34.7 Å². The maximum Gasteiger partial charge on any atom is 0.195 e. The van der Waals surface area contributed by atoms with Crippen LogP contribution in [0, 0.1) is 6.92 Å². The standard InChI is InChI=1S/C21H29N3O3/c1-16-7-10-18(11-8-16)27-14-6-5-13-23-21(22-2)24-17-9-12-19(25-3)20(15-17)26-4/h7-12,15H,5-6,13-14H2,1-4H3,(H2,22,23,24). The third-order valence-electron chi connectivity index (χ3n) is 4.02. The molecule has 146 valence electrons. The number of rotatable bonds is 9. The number of hydrogen-bond acceptors (Lipinski definition) is 4. The zero-order valence-corrected chi connectivity index (χ0v) is 16.5. The third-order valence-corrected chi connectivity index (χ3v) is 4.02. The lowest BCUT2D eigenvalue weighted by atomic mass is 10.2. The molecule has 0 amide bonds. The maximum absolute atomic E-state index is 5.74. The van der Waals surface area contributed by atoms with Crippen LogP contribution in [0.3, 0.4) is 0 Å². The lowest BCUT2D eigenvalue weighted by molar-refractivity contribution is 0.307. The van der Waals surface area contributed by atoms with Gasteiger partial charge in [-0.2, -0.15) is 0 Å². The van der Waals surface area contributed by atoms with Gasteiger partial charge < -0.3 is 24.8 Å². The molecule has 0 atom stereocenters. The van der Waals surface area contributed by atoms with Gasteiger partial charge in [0, 0.05) is 25.3 Å². The summed E-state index contributed by atoms with van der Waals surface area (Å²) in [6.07, 6.45) is 1.95. The van der Waals surface area contributed by atoms with Crippen molar-refractivity contribution in [1.29, 1.82) is 0 Å². The lowest BCUT2D eigenvalue weighted by Gasteiger charge is -2.14. The molecule has 0 aliphatic rings. The van der Waals surface area contributed by atoms with Crippen molar-refractivity contribution in [1.82, 2.24) is 5.32 Å². The van der Waals surface area contributed by atoms with Gasteiger partial charge in [0.2, 0.25) is 0 Å². The summed E-state index contributed by atoms with van der Waals surface area (Å²) in [6, 6.07) is 13.8. The highest BCUT2D eigenvalue weighted by Crippen LogP contribution is 2.29. The van der Waals surface area contributed by atoms with E-state index in [9.17, 15) is 0 Å². The van der Waals surface area contributed by atoms with E-state index in [0.717, 1.165) is 30.8 Å². The Kier molecular flexibility index (Phi) is 8.29. The summed E-state index contributed by atoms with van der Waals surface area (Å²) in [4.78, 5) is 4.25. The Morgan fingerprint density at radius 3 is 2.37 bits per heavy atom. The van der Waals surface area contributed by atoms with Gasteiger partial charge in [-0.05, 0) is 44.0 Å². The predicted octanol–water partition coefficient (Wildman–Crippen LogP) is 3.86. The molecule has 0 heterocycles.